The molecule has 0 radical (unpaired) electrons. The van der Waals surface area contributed by atoms with E-state index in [4.69, 9.17) is 11.6 Å². The maximum absolute atomic E-state index is 12.9. The molecule has 0 amide bonds. The second-order valence-electron chi connectivity index (χ2n) is 5.89. The maximum atomic E-state index is 12.9. The Balaban J connectivity index is 2.36. The minimum absolute atomic E-state index is 0.0506. The highest BCUT2D eigenvalue weighted by Crippen LogP contribution is 2.29. The van der Waals surface area contributed by atoms with Crippen molar-refractivity contribution in [1.82, 2.24) is 9.62 Å². The summed E-state index contributed by atoms with van der Waals surface area (Å²) in [5, 5.41) is 3.59. The molecule has 1 aromatic rings. The highest BCUT2D eigenvalue weighted by Gasteiger charge is 2.33. The van der Waals surface area contributed by atoms with E-state index >= 15 is 0 Å². The summed E-state index contributed by atoms with van der Waals surface area (Å²) in [6.07, 6.45) is 2.00. The van der Waals surface area contributed by atoms with Crippen LogP contribution in [-0.2, 0) is 16.6 Å². The van der Waals surface area contributed by atoms with Gasteiger partial charge in [-0.15, -0.1) is 0 Å². The van der Waals surface area contributed by atoms with Crippen LogP contribution in [0, 0.1) is 5.92 Å². The Kier molecular flexibility index (Phi) is 5.30. The number of piperidine rings is 1. The van der Waals surface area contributed by atoms with Crippen LogP contribution in [-0.4, -0.2) is 32.4 Å². The van der Waals surface area contributed by atoms with Gasteiger partial charge in [-0.1, -0.05) is 18.5 Å². The van der Waals surface area contributed by atoms with E-state index in [2.05, 4.69) is 12.2 Å². The predicted octanol–water partition coefficient (Wildman–Crippen LogP) is 2.87. The minimum atomic E-state index is -3.45. The molecule has 0 saturated carbocycles. The number of sulfonamides is 1. The van der Waals surface area contributed by atoms with Crippen molar-refractivity contribution in [3.05, 3.63) is 28.8 Å². The fraction of sp³-hybridized carbons (Fsp3) is 0.600. The lowest BCUT2D eigenvalue weighted by molar-refractivity contribution is 0.218. The molecule has 1 aromatic carbocycles. The average Bonchev–Trinajstić information content (AvgIpc) is 2.44. The molecule has 0 aromatic heterocycles. The number of benzene rings is 1. The fourth-order valence-electron chi connectivity index (χ4n) is 2.76. The molecule has 0 aliphatic carbocycles. The number of hydrogen-bond donors (Lipinski definition) is 1. The van der Waals surface area contributed by atoms with Gasteiger partial charge in [-0.05, 0) is 56.5 Å². The zero-order valence-corrected chi connectivity index (χ0v) is 14.3. The normalized spacial score (nSPS) is 24.2. The van der Waals surface area contributed by atoms with Gasteiger partial charge < -0.3 is 5.32 Å². The summed E-state index contributed by atoms with van der Waals surface area (Å²) in [6, 6.07) is 5.00. The van der Waals surface area contributed by atoms with Crippen molar-refractivity contribution >= 4 is 21.6 Å². The Morgan fingerprint density at radius 2 is 2.05 bits per heavy atom. The molecular weight excluding hydrogens is 308 g/mol. The van der Waals surface area contributed by atoms with E-state index in [1.165, 1.54) is 0 Å². The van der Waals surface area contributed by atoms with Gasteiger partial charge in [-0.25, -0.2) is 8.42 Å². The van der Waals surface area contributed by atoms with Gasteiger partial charge in [0.2, 0.25) is 10.0 Å². The van der Waals surface area contributed by atoms with Gasteiger partial charge in [-0.2, -0.15) is 4.31 Å². The highest BCUT2D eigenvalue weighted by atomic mass is 35.5. The summed E-state index contributed by atoms with van der Waals surface area (Å²) in [4.78, 5) is 0.332. The average molecular weight is 331 g/mol. The maximum Gasteiger partial charge on any atom is 0.243 e. The Bertz CT molecular complexity index is 604. The lowest BCUT2D eigenvalue weighted by atomic mass is 9.97. The first-order valence-electron chi connectivity index (χ1n) is 7.31. The molecule has 1 fully saturated rings. The molecule has 0 spiro atoms. The zero-order valence-electron chi connectivity index (χ0n) is 12.8. The van der Waals surface area contributed by atoms with Crippen molar-refractivity contribution in [3.8, 4) is 0 Å². The van der Waals surface area contributed by atoms with Crippen LogP contribution in [0.3, 0.4) is 0 Å². The number of rotatable bonds is 4. The molecule has 2 atom stereocenters. The quantitative estimate of drug-likeness (QED) is 0.923. The molecule has 1 aliphatic heterocycles. The Morgan fingerprint density at radius 1 is 1.33 bits per heavy atom. The summed E-state index contributed by atoms with van der Waals surface area (Å²) >= 11 is 6.11. The predicted molar refractivity (Wildman–Crippen MR) is 86.0 cm³/mol. The van der Waals surface area contributed by atoms with Crippen LogP contribution in [0.1, 0.15) is 32.3 Å². The first-order chi connectivity index (χ1) is 9.86. The second-order valence-corrected chi connectivity index (χ2v) is 8.19. The third-order valence-corrected chi connectivity index (χ3v) is 6.40. The summed E-state index contributed by atoms with van der Waals surface area (Å²) in [5.41, 5.74) is 0.804. The van der Waals surface area contributed by atoms with Gasteiger partial charge in [0.05, 0.1) is 4.90 Å². The van der Waals surface area contributed by atoms with Crippen LogP contribution in [0.2, 0.25) is 5.02 Å². The van der Waals surface area contributed by atoms with E-state index in [0.29, 0.717) is 28.9 Å². The fourth-order valence-corrected chi connectivity index (χ4v) is 4.77. The second kappa shape index (κ2) is 6.65. The molecule has 118 valence electrons. The Labute approximate surface area is 132 Å². The zero-order chi connectivity index (χ0) is 15.6. The van der Waals surface area contributed by atoms with E-state index in [1.54, 1.807) is 22.5 Å². The van der Waals surface area contributed by atoms with Crippen LogP contribution in [0.4, 0.5) is 0 Å². The van der Waals surface area contributed by atoms with Gasteiger partial charge in [0, 0.05) is 24.2 Å². The van der Waals surface area contributed by atoms with Crippen molar-refractivity contribution < 1.29 is 8.42 Å². The van der Waals surface area contributed by atoms with Gasteiger partial charge >= 0.3 is 0 Å². The minimum Gasteiger partial charge on any atom is -0.316 e. The molecule has 1 N–H and O–H groups in total. The monoisotopic (exact) mass is 330 g/mol. The molecule has 21 heavy (non-hydrogen) atoms. The SMILES string of the molecule is CNCc1cc(S(=O)(=O)N2CC(C)CCC2C)ccc1Cl. The topological polar surface area (TPSA) is 49.4 Å². The molecule has 1 aliphatic rings. The van der Waals surface area contributed by atoms with Crippen molar-refractivity contribution in [2.75, 3.05) is 13.6 Å². The highest BCUT2D eigenvalue weighted by molar-refractivity contribution is 7.89. The lowest BCUT2D eigenvalue weighted by Crippen LogP contribution is -2.44. The summed E-state index contributed by atoms with van der Waals surface area (Å²) in [7, 11) is -1.64. The van der Waals surface area contributed by atoms with Gasteiger partial charge in [-0.3, -0.25) is 0 Å². The van der Waals surface area contributed by atoms with Gasteiger partial charge in [0.15, 0.2) is 0 Å². The largest absolute Gasteiger partial charge is 0.316 e. The molecule has 4 nitrogen and oxygen atoms in total. The van der Waals surface area contributed by atoms with Crippen LogP contribution in [0.5, 0.6) is 0 Å². The molecule has 2 unspecified atom stereocenters. The standard InChI is InChI=1S/C15H23ClN2O2S/c1-11-4-5-12(2)18(10-11)21(19,20)14-6-7-15(16)13(8-14)9-17-3/h6-8,11-12,17H,4-5,9-10H2,1-3H3. The van der Waals surface area contributed by atoms with Crippen LogP contribution >= 0.6 is 11.6 Å². The van der Waals surface area contributed by atoms with Crippen LogP contribution in [0.15, 0.2) is 23.1 Å². The molecular formula is C15H23ClN2O2S. The smallest absolute Gasteiger partial charge is 0.243 e. The summed E-state index contributed by atoms with van der Waals surface area (Å²) < 4.78 is 27.4. The van der Waals surface area contributed by atoms with Crippen molar-refractivity contribution in [1.29, 1.82) is 0 Å². The first-order valence-corrected chi connectivity index (χ1v) is 9.13. The summed E-state index contributed by atoms with van der Waals surface area (Å²) in [5.74, 6) is 0.403. The van der Waals surface area contributed by atoms with E-state index in [0.717, 1.165) is 18.4 Å². The number of hydrogen-bond acceptors (Lipinski definition) is 3. The van der Waals surface area contributed by atoms with Crippen molar-refractivity contribution in [2.45, 2.75) is 44.2 Å². The van der Waals surface area contributed by atoms with Crippen LogP contribution < -0.4 is 5.32 Å². The molecule has 0 bridgehead atoms. The van der Waals surface area contributed by atoms with E-state index < -0.39 is 10.0 Å². The molecule has 1 saturated heterocycles. The van der Waals surface area contributed by atoms with E-state index in [-0.39, 0.29) is 6.04 Å². The molecule has 1 heterocycles. The third-order valence-electron chi connectivity index (χ3n) is 4.05. The van der Waals surface area contributed by atoms with Crippen LogP contribution in [0.25, 0.3) is 0 Å². The van der Waals surface area contributed by atoms with Crippen molar-refractivity contribution in [3.63, 3.8) is 0 Å². The third kappa shape index (κ3) is 3.59. The number of nitrogens with one attached hydrogen (secondary N) is 1. The van der Waals surface area contributed by atoms with E-state index in [1.807, 2.05) is 14.0 Å². The Hall–Kier alpha value is -0.620. The lowest BCUT2D eigenvalue weighted by Gasteiger charge is -2.35. The van der Waals surface area contributed by atoms with E-state index in [9.17, 15) is 8.42 Å². The summed E-state index contributed by atoms with van der Waals surface area (Å²) in [6.45, 7) is 5.22. The number of nitrogens with zero attached hydrogens (tertiary/aromatic N) is 1. The van der Waals surface area contributed by atoms with Crippen molar-refractivity contribution in [2.24, 2.45) is 5.92 Å². The molecule has 6 heteroatoms. The Morgan fingerprint density at radius 3 is 2.71 bits per heavy atom. The first kappa shape index (κ1) is 16.7. The molecule has 2 rings (SSSR count). The van der Waals surface area contributed by atoms with Gasteiger partial charge in [0.25, 0.3) is 0 Å². The number of halogens is 1. The van der Waals surface area contributed by atoms with Gasteiger partial charge in [0.1, 0.15) is 0 Å².